The summed E-state index contributed by atoms with van der Waals surface area (Å²) in [6.07, 6.45) is 1.68. The van der Waals surface area contributed by atoms with E-state index in [2.05, 4.69) is 71.7 Å². The van der Waals surface area contributed by atoms with Crippen LogP contribution in [0, 0.1) is 11.3 Å². The summed E-state index contributed by atoms with van der Waals surface area (Å²) in [5.74, 6) is 0. The fraction of sp³-hybridized carbons (Fsp3) is 0. The number of fused-ring (bicyclic) bond motifs is 5. The van der Waals surface area contributed by atoms with Gasteiger partial charge in [0.15, 0.2) is 0 Å². The van der Waals surface area contributed by atoms with Crippen molar-refractivity contribution in [2.45, 2.75) is 0 Å². The molecule has 0 bridgehead atoms. The largest absolute Gasteiger partial charge is 0.456 e. The van der Waals surface area contributed by atoms with Crippen LogP contribution in [0.1, 0.15) is 5.69 Å². The van der Waals surface area contributed by atoms with E-state index in [1.165, 1.54) is 10.8 Å². The van der Waals surface area contributed by atoms with Crippen molar-refractivity contribution >= 4 is 32.7 Å². The number of benzene rings is 4. The van der Waals surface area contributed by atoms with Crippen LogP contribution in [0.4, 0.5) is 0 Å². The van der Waals surface area contributed by atoms with Gasteiger partial charge in [0.05, 0.1) is 0 Å². The summed E-state index contributed by atoms with van der Waals surface area (Å²) in [4.78, 5) is 4.07. The van der Waals surface area contributed by atoms with Crippen molar-refractivity contribution in [3.05, 3.63) is 103 Å². The van der Waals surface area contributed by atoms with Crippen LogP contribution >= 0.6 is 0 Å². The van der Waals surface area contributed by atoms with E-state index in [4.69, 9.17) is 9.68 Å². The Kier molecular flexibility index (Phi) is 3.84. The van der Waals surface area contributed by atoms with Crippen LogP contribution in [0.25, 0.3) is 55.0 Å². The van der Waals surface area contributed by atoms with Crippen LogP contribution in [-0.2, 0) is 0 Å². The van der Waals surface area contributed by atoms with Crippen molar-refractivity contribution in [3.8, 4) is 28.3 Å². The van der Waals surface area contributed by atoms with Gasteiger partial charge in [0.2, 0.25) is 0 Å². The molecule has 0 saturated heterocycles. The fourth-order valence-corrected chi connectivity index (χ4v) is 4.28. The number of hydrogen-bond donors (Lipinski definition) is 0. The van der Waals surface area contributed by atoms with E-state index in [0.29, 0.717) is 5.69 Å². The van der Waals surface area contributed by atoms with E-state index in [-0.39, 0.29) is 0 Å². The van der Waals surface area contributed by atoms with Gasteiger partial charge in [-0.05, 0) is 69.4 Å². The third-order valence-electron chi connectivity index (χ3n) is 5.76. The van der Waals surface area contributed by atoms with Crippen LogP contribution in [-0.4, -0.2) is 4.98 Å². The SMILES string of the molecule is N#Cc1cc(-c2cccc(-c3ccc4oc5ccc6ccccc6c5c4c3)c2)ccn1. The molecule has 0 aliphatic heterocycles. The Balaban J connectivity index is 1.54. The average molecular weight is 396 g/mol. The van der Waals surface area contributed by atoms with Crippen molar-refractivity contribution < 1.29 is 4.42 Å². The monoisotopic (exact) mass is 396 g/mol. The minimum Gasteiger partial charge on any atom is -0.456 e. The van der Waals surface area contributed by atoms with Crippen molar-refractivity contribution in [2.75, 3.05) is 0 Å². The molecule has 0 spiro atoms. The van der Waals surface area contributed by atoms with Gasteiger partial charge in [-0.2, -0.15) is 5.26 Å². The van der Waals surface area contributed by atoms with Crippen molar-refractivity contribution in [1.29, 1.82) is 5.26 Å². The lowest BCUT2D eigenvalue weighted by Crippen LogP contribution is -1.85. The highest BCUT2D eigenvalue weighted by molar-refractivity contribution is 6.19. The molecule has 0 unspecified atom stereocenters. The molecule has 31 heavy (non-hydrogen) atoms. The van der Waals surface area contributed by atoms with Gasteiger partial charge < -0.3 is 4.42 Å². The highest BCUT2D eigenvalue weighted by Crippen LogP contribution is 2.37. The molecular weight excluding hydrogens is 380 g/mol. The van der Waals surface area contributed by atoms with Gasteiger partial charge in [-0.1, -0.05) is 54.6 Å². The number of nitrogens with zero attached hydrogens (tertiary/aromatic N) is 2. The number of hydrogen-bond acceptors (Lipinski definition) is 3. The summed E-state index contributed by atoms with van der Waals surface area (Å²) in [6, 6.07) is 33.1. The predicted octanol–water partition coefficient (Wildman–Crippen LogP) is 7.34. The van der Waals surface area contributed by atoms with Gasteiger partial charge in [0, 0.05) is 17.0 Å². The van der Waals surface area contributed by atoms with Gasteiger partial charge >= 0.3 is 0 Å². The molecule has 3 nitrogen and oxygen atoms in total. The molecule has 0 atom stereocenters. The minimum absolute atomic E-state index is 0.418. The van der Waals surface area contributed by atoms with Gasteiger partial charge in [-0.3, -0.25) is 0 Å². The Morgan fingerprint density at radius 3 is 2.29 bits per heavy atom. The number of rotatable bonds is 2. The zero-order valence-electron chi connectivity index (χ0n) is 16.5. The molecule has 0 fully saturated rings. The van der Waals surface area contributed by atoms with Crippen molar-refractivity contribution in [3.63, 3.8) is 0 Å². The zero-order chi connectivity index (χ0) is 20.8. The summed E-state index contributed by atoms with van der Waals surface area (Å²) in [5, 5.41) is 13.8. The number of nitriles is 1. The third kappa shape index (κ3) is 2.86. The summed E-state index contributed by atoms with van der Waals surface area (Å²) in [7, 11) is 0. The van der Waals surface area contributed by atoms with Crippen LogP contribution in [0.15, 0.2) is 102 Å². The standard InChI is InChI=1S/C28H16N2O/c29-17-23-15-22(12-13-30-23)20-6-3-5-19(14-20)21-9-10-26-25(16-21)28-24-7-2-1-4-18(24)8-11-27(28)31-26/h1-16H. The summed E-state index contributed by atoms with van der Waals surface area (Å²) in [5.41, 5.74) is 6.48. The third-order valence-corrected chi connectivity index (χ3v) is 5.76. The maximum atomic E-state index is 9.16. The molecule has 6 rings (SSSR count). The molecule has 0 N–H and O–H groups in total. The van der Waals surface area contributed by atoms with E-state index in [0.717, 1.165) is 44.2 Å². The lowest BCUT2D eigenvalue weighted by molar-refractivity contribution is 0.669. The highest BCUT2D eigenvalue weighted by atomic mass is 16.3. The predicted molar refractivity (Wildman–Crippen MR) is 125 cm³/mol. The second-order valence-corrected chi connectivity index (χ2v) is 7.60. The van der Waals surface area contributed by atoms with Gasteiger partial charge in [0.1, 0.15) is 22.9 Å². The maximum absolute atomic E-state index is 9.16. The lowest BCUT2D eigenvalue weighted by Gasteiger charge is -2.07. The van der Waals surface area contributed by atoms with E-state index < -0.39 is 0 Å². The Labute approximate surface area is 178 Å². The molecular formula is C28H16N2O. The second kappa shape index (κ2) is 6.83. The van der Waals surface area contributed by atoms with E-state index in [9.17, 15) is 0 Å². The molecule has 0 saturated carbocycles. The molecule has 2 aromatic heterocycles. The number of aromatic nitrogens is 1. The van der Waals surface area contributed by atoms with Crippen LogP contribution in [0.2, 0.25) is 0 Å². The number of pyridine rings is 1. The first-order valence-corrected chi connectivity index (χ1v) is 10.1. The lowest BCUT2D eigenvalue weighted by atomic mass is 9.97. The molecule has 4 aromatic carbocycles. The molecule has 0 amide bonds. The summed E-state index contributed by atoms with van der Waals surface area (Å²) >= 11 is 0. The topological polar surface area (TPSA) is 49.8 Å². The molecule has 144 valence electrons. The van der Waals surface area contributed by atoms with Crippen LogP contribution in [0.5, 0.6) is 0 Å². The van der Waals surface area contributed by atoms with E-state index >= 15 is 0 Å². The molecule has 0 aliphatic rings. The van der Waals surface area contributed by atoms with Gasteiger partial charge in [0.25, 0.3) is 0 Å². The summed E-state index contributed by atoms with van der Waals surface area (Å²) < 4.78 is 6.13. The van der Waals surface area contributed by atoms with Crippen molar-refractivity contribution in [1.82, 2.24) is 4.98 Å². The van der Waals surface area contributed by atoms with Crippen LogP contribution in [0.3, 0.4) is 0 Å². The Bertz CT molecular complexity index is 1650. The smallest absolute Gasteiger partial charge is 0.141 e. The zero-order valence-corrected chi connectivity index (χ0v) is 16.5. The molecule has 3 heteroatoms. The highest BCUT2D eigenvalue weighted by Gasteiger charge is 2.12. The summed E-state index contributed by atoms with van der Waals surface area (Å²) in [6.45, 7) is 0. The maximum Gasteiger partial charge on any atom is 0.141 e. The first kappa shape index (κ1) is 17.4. The molecule has 0 aliphatic carbocycles. The van der Waals surface area contributed by atoms with E-state index in [1.54, 1.807) is 6.20 Å². The molecule has 6 aromatic rings. The normalized spacial score (nSPS) is 11.2. The van der Waals surface area contributed by atoms with Gasteiger partial charge in [-0.25, -0.2) is 4.98 Å². The first-order chi connectivity index (χ1) is 15.3. The molecule has 2 heterocycles. The average Bonchev–Trinajstić information content (AvgIpc) is 3.22. The Morgan fingerprint density at radius 2 is 1.42 bits per heavy atom. The van der Waals surface area contributed by atoms with Crippen molar-refractivity contribution in [2.24, 2.45) is 0 Å². The Hall–Kier alpha value is -4.42. The quantitative estimate of drug-likeness (QED) is 0.308. The van der Waals surface area contributed by atoms with Crippen LogP contribution < -0.4 is 0 Å². The first-order valence-electron chi connectivity index (χ1n) is 10.1. The molecule has 0 radical (unpaired) electrons. The second-order valence-electron chi connectivity index (χ2n) is 7.60. The number of furan rings is 1. The van der Waals surface area contributed by atoms with E-state index in [1.807, 2.05) is 30.3 Å². The fourth-order valence-electron chi connectivity index (χ4n) is 4.28. The van der Waals surface area contributed by atoms with Gasteiger partial charge in [-0.15, -0.1) is 0 Å². The Morgan fingerprint density at radius 1 is 0.645 bits per heavy atom. The minimum atomic E-state index is 0.418.